The number of Topliss-reactive ketones (excluding diaryl/α,β-unsaturated/α-hetero) is 1. The van der Waals surface area contributed by atoms with Crippen molar-refractivity contribution in [2.45, 2.75) is 26.7 Å². The third kappa shape index (κ3) is 2.69. The number of nitrogens with one attached hydrogen (secondary N) is 1. The van der Waals surface area contributed by atoms with Gasteiger partial charge in [0.05, 0.1) is 24.4 Å². The highest BCUT2D eigenvalue weighted by Crippen LogP contribution is 2.38. The van der Waals surface area contributed by atoms with E-state index in [0.717, 1.165) is 0 Å². The number of carbonyl (C=O) groups excluding carboxylic acids is 2. The molecule has 0 saturated carbocycles. The molecule has 1 unspecified atom stereocenters. The molecule has 21 heavy (non-hydrogen) atoms. The normalized spacial score (nSPS) is 18.5. The van der Waals surface area contributed by atoms with Gasteiger partial charge in [0.15, 0.2) is 5.78 Å². The summed E-state index contributed by atoms with van der Waals surface area (Å²) in [6.45, 7) is 5.11. The van der Waals surface area contributed by atoms with Crippen LogP contribution in [0.1, 0.15) is 32.4 Å². The van der Waals surface area contributed by atoms with Crippen molar-refractivity contribution in [1.29, 1.82) is 0 Å². The van der Waals surface area contributed by atoms with Gasteiger partial charge in [-0.3, -0.25) is 4.79 Å². The molecule has 0 amide bonds. The number of ether oxygens (including phenoxy) is 1. The number of dihydropyridines is 1. The molecule has 1 aromatic heterocycles. The lowest BCUT2D eigenvalue weighted by Gasteiger charge is -2.28. The summed E-state index contributed by atoms with van der Waals surface area (Å²) in [6, 6.07) is 3.40. The molecule has 6 heteroatoms. The summed E-state index contributed by atoms with van der Waals surface area (Å²) in [6.07, 6.45) is 1.49. The standard InChI is InChI=1S/C15H18N2O4/c1-4-20-15(19)13-12(10-6-5-7-21-10)11(9(3)18)8(2)17-14(13)16/h5-7,12,17H,4,16H2,1-3H3. The van der Waals surface area contributed by atoms with E-state index in [2.05, 4.69) is 5.32 Å². The molecular formula is C15H18N2O4. The molecule has 2 rings (SSSR count). The maximum atomic E-state index is 12.2. The first-order chi connectivity index (χ1) is 9.97. The van der Waals surface area contributed by atoms with Crippen molar-refractivity contribution < 1.29 is 18.7 Å². The Balaban J connectivity index is 2.58. The first-order valence-corrected chi connectivity index (χ1v) is 6.66. The molecule has 6 nitrogen and oxygen atoms in total. The average Bonchev–Trinajstić information content (AvgIpc) is 2.90. The minimum Gasteiger partial charge on any atom is -0.468 e. The van der Waals surface area contributed by atoms with E-state index in [0.29, 0.717) is 17.0 Å². The minimum absolute atomic E-state index is 0.157. The summed E-state index contributed by atoms with van der Waals surface area (Å²) in [5.41, 5.74) is 7.19. The van der Waals surface area contributed by atoms with E-state index in [1.807, 2.05) is 0 Å². The Hall–Kier alpha value is -2.50. The van der Waals surface area contributed by atoms with Crippen LogP contribution in [0.4, 0.5) is 0 Å². The predicted octanol–water partition coefficient (Wildman–Crippen LogP) is 1.56. The Morgan fingerprint density at radius 2 is 2.14 bits per heavy atom. The van der Waals surface area contributed by atoms with Crippen molar-refractivity contribution in [3.8, 4) is 0 Å². The summed E-state index contributed by atoms with van der Waals surface area (Å²) in [7, 11) is 0. The fourth-order valence-electron chi connectivity index (χ4n) is 2.50. The van der Waals surface area contributed by atoms with Gasteiger partial charge in [-0.2, -0.15) is 0 Å². The number of furan rings is 1. The summed E-state index contributed by atoms with van der Waals surface area (Å²) in [4.78, 5) is 24.2. The first kappa shape index (κ1) is 14.9. The minimum atomic E-state index is -0.655. The SMILES string of the molecule is CCOC(=O)C1=C(N)NC(C)=C(C(C)=O)C1c1ccco1. The van der Waals surface area contributed by atoms with Gasteiger partial charge in [0.2, 0.25) is 0 Å². The lowest BCUT2D eigenvalue weighted by molar-refractivity contribution is -0.138. The van der Waals surface area contributed by atoms with Crippen LogP contribution in [-0.2, 0) is 14.3 Å². The summed E-state index contributed by atoms with van der Waals surface area (Å²) >= 11 is 0. The van der Waals surface area contributed by atoms with E-state index in [-0.39, 0.29) is 23.8 Å². The van der Waals surface area contributed by atoms with Gasteiger partial charge in [-0.25, -0.2) is 4.79 Å². The second-order valence-electron chi connectivity index (χ2n) is 4.72. The Kier molecular flexibility index (Phi) is 4.16. The number of ketones is 1. The van der Waals surface area contributed by atoms with Crippen LogP contribution in [0.25, 0.3) is 0 Å². The molecule has 3 N–H and O–H groups in total. The van der Waals surface area contributed by atoms with Gasteiger partial charge in [0.25, 0.3) is 0 Å². The first-order valence-electron chi connectivity index (χ1n) is 6.66. The lowest BCUT2D eigenvalue weighted by Crippen LogP contribution is -2.35. The van der Waals surface area contributed by atoms with Gasteiger partial charge in [-0.1, -0.05) is 0 Å². The van der Waals surface area contributed by atoms with E-state index in [4.69, 9.17) is 14.9 Å². The second-order valence-corrected chi connectivity index (χ2v) is 4.72. The van der Waals surface area contributed by atoms with Crippen LogP contribution in [0.2, 0.25) is 0 Å². The second kappa shape index (κ2) is 5.87. The van der Waals surface area contributed by atoms with Crippen molar-refractivity contribution in [1.82, 2.24) is 5.32 Å². The molecule has 0 radical (unpaired) electrons. The largest absolute Gasteiger partial charge is 0.468 e. The van der Waals surface area contributed by atoms with Gasteiger partial charge in [-0.15, -0.1) is 0 Å². The summed E-state index contributed by atoms with van der Waals surface area (Å²) < 4.78 is 10.4. The van der Waals surface area contributed by atoms with Crippen molar-refractivity contribution in [2.24, 2.45) is 5.73 Å². The highest BCUT2D eigenvalue weighted by molar-refractivity contribution is 6.01. The molecule has 112 valence electrons. The Bertz CT molecular complexity index is 626. The van der Waals surface area contributed by atoms with E-state index < -0.39 is 11.9 Å². The fraction of sp³-hybridized carbons (Fsp3) is 0.333. The zero-order valence-electron chi connectivity index (χ0n) is 12.2. The Morgan fingerprint density at radius 3 is 2.67 bits per heavy atom. The third-order valence-corrected chi connectivity index (χ3v) is 3.30. The van der Waals surface area contributed by atoms with Gasteiger partial charge in [0, 0.05) is 11.3 Å². The highest BCUT2D eigenvalue weighted by atomic mass is 16.5. The maximum Gasteiger partial charge on any atom is 0.338 e. The van der Waals surface area contributed by atoms with Crippen LogP contribution in [0.3, 0.4) is 0 Å². The van der Waals surface area contributed by atoms with Crippen LogP contribution in [-0.4, -0.2) is 18.4 Å². The van der Waals surface area contributed by atoms with Crippen LogP contribution >= 0.6 is 0 Å². The number of esters is 1. The number of rotatable bonds is 4. The van der Waals surface area contributed by atoms with E-state index in [1.54, 1.807) is 26.0 Å². The van der Waals surface area contributed by atoms with E-state index in [1.165, 1.54) is 13.2 Å². The van der Waals surface area contributed by atoms with Crippen molar-refractivity contribution >= 4 is 11.8 Å². The summed E-state index contributed by atoms with van der Waals surface area (Å²) in [5.74, 6) is -0.715. The number of allylic oxidation sites excluding steroid dienone is 2. The van der Waals surface area contributed by atoms with Crippen LogP contribution in [0, 0.1) is 0 Å². The molecule has 0 fully saturated rings. The van der Waals surface area contributed by atoms with Gasteiger partial charge in [-0.05, 0) is 32.9 Å². The van der Waals surface area contributed by atoms with Gasteiger partial charge >= 0.3 is 5.97 Å². The van der Waals surface area contributed by atoms with Crippen molar-refractivity contribution in [2.75, 3.05) is 6.61 Å². The molecule has 0 saturated heterocycles. The van der Waals surface area contributed by atoms with E-state index in [9.17, 15) is 9.59 Å². The zero-order chi connectivity index (χ0) is 15.6. The molecule has 0 spiro atoms. The zero-order valence-corrected chi connectivity index (χ0v) is 12.2. The number of hydrogen-bond donors (Lipinski definition) is 2. The molecule has 0 aliphatic carbocycles. The number of carbonyl (C=O) groups is 2. The molecule has 0 aromatic carbocycles. The monoisotopic (exact) mass is 290 g/mol. The molecule has 1 aliphatic rings. The smallest absolute Gasteiger partial charge is 0.338 e. The van der Waals surface area contributed by atoms with Crippen molar-refractivity contribution in [3.05, 3.63) is 46.8 Å². The molecule has 0 bridgehead atoms. The number of nitrogens with two attached hydrogens (primary N) is 1. The molecule has 1 aromatic rings. The fourth-order valence-corrected chi connectivity index (χ4v) is 2.50. The summed E-state index contributed by atoms with van der Waals surface area (Å²) in [5, 5.41) is 2.87. The predicted molar refractivity (Wildman–Crippen MR) is 75.8 cm³/mol. The van der Waals surface area contributed by atoms with Crippen LogP contribution < -0.4 is 11.1 Å². The molecule has 2 heterocycles. The van der Waals surface area contributed by atoms with Crippen molar-refractivity contribution in [3.63, 3.8) is 0 Å². The Labute approximate surface area is 122 Å². The molecule has 1 aliphatic heterocycles. The van der Waals surface area contributed by atoms with Gasteiger partial charge < -0.3 is 20.2 Å². The Morgan fingerprint density at radius 1 is 1.43 bits per heavy atom. The average molecular weight is 290 g/mol. The molecule has 1 atom stereocenters. The van der Waals surface area contributed by atoms with Gasteiger partial charge in [0.1, 0.15) is 11.6 Å². The topological polar surface area (TPSA) is 94.6 Å². The van der Waals surface area contributed by atoms with E-state index >= 15 is 0 Å². The number of hydrogen-bond acceptors (Lipinski definition) is 6. The third-order valence-electron chi connectivity index (χ3n) is 3.30. The van der Waals surface area contributed by atoms with Crippen LogP contribution in [0.5, 0.6) is 0 Å². The maximum absolute atomic E-state index is 12.2. The molecular weight excluding hydrogens is 272 g/mol. The quantitative estimate of drug-likeness (QED) is 0.817. The lowest BCUT2D eigenvalue weighted by atomic mass is 9.83. The van der Waals surface area contributed by atoms with Crippen LogP contribution in [0.15, 0.2) is 45.5 Å². The highest BCUT2D eigenvalue weighted by Gasteiger charge is 2.37.